The van der Waals surface area contributed by atoms with Crippen LogP contribution in [-0.2, 0) is 56.6 Å². The number of carbonyl (C=O) groups is 1. The summed E-state index contributed by atoms with van der Waals surface area (Å²) in [4.78, 5) is 12.3. The van der Waals surface area contributed by atoms with E-state index in [0.29, 0.717) is 0 Å². The molecule has 0 saturated carbocycles. The number of aryl methyl sites for hydroxylation is 2. The lowest BCUT2D eigenvalue weighted by molar-refractivity contribution is -0.116. The van der Waals surface area contributed by atoms with Gasteiger partial charge >= 0.3 is 0 Å². The normalized spacial score (nSPS) is 15.6. The molecule has 0 unspecified atom stereocenters. The maximum Gasteiger partial charge on any atom is 0.189 e. The first-order valence-electron chi connectivity index (χ1n) is 10.6. The van der Waals surface area contributed by atoms with Crippen LogP contribution in [0.15, 0.2) is 34.1 Å². The number of Topliss-reactive ketones (excluding diaryl/α,β-unsaturated/α-hetero) is 1. The van der Waals surface area contributed by atoms with Gasteiger partial charge in [-0.2, -0.15) is 0 Å². The minimum atomic E-state index is -4.10. The summed E-state index contributed by atoms with van der Waals surface area (Å²) >= 11 is 0. The summed E-state index contributed by atoms with van der Waals surface area (Å²) in [5, 5.41) is 10.2. The Morgan fingerprint density at radius 2 is 1.52 bits per heavy atom. The third-order valence-corrected chi connectivity index (χ3v) is 9.78. The van der Waals surface area contributed by atoms with Crippen LogP contribution in [0.25, 0.3) is 0 Å². The molecule has 2 aliphatic carbocycles. The molecule has 0 bridgehead atoms. The fourth-order valence-electron chi connectivity index (χ4n) is 4.81. The molecular formula is C23H26O6S2. The molecular weight excluding hydrogens is 436 g/mol. The quantitative estimate of drug-likeness (QED) is 0.678. The van der Waals surface area contributed by atoms with E-state index >= 15 is 0 Å². The van der Waals surface area contributed by atoms with Gasteiger partial charge in [-0.25, -0.2) is 16.8 Å². The van der Waals surface area contributed by atoms with E-state index in [9.17, 15) is 26.7 Å². The molecule has 0 radical (unpaired) electrons. The minimum absolute atomic E-state index is 0.0772. The van der Waals surface area contributed by atoms with Crippen molar-refractivity contribution in [1.82, 2.24) is 0 Å². The lowest BCUT2D eigenvalue weighted by Gasteiger charge is -2.15. The van der Waals surface area contributed by atoms with E-state index in [0.717, 1.165) is 62.3 Å². The summed E-state index contributed by atoms with van der Waals surface area (Å²) in [6.07, 6.45) is 6.04. The van der Waals surface area contributed by atoms with Gasteiger partial charge in [0.25, 0.3) is 0 Å². The second kappa shape index (κ2) is 8.06. The van der Waals surface area contributed by atoms with Crippen molar-refractivity contribution in [3.63, 3.8) is 0 Å². The van der Waals surface area contributed by atoms with Crippen molar-refractivity contribution in [2.45, 2.75) is 61.7 Å². The summed E-state index contributed by atoms with van der Waals surface area (Å²) in [6.45, 7) is 1.47. The van der Waals surface area contributed by atoms with Crippen molar-refractivity contribution in [3.05, 3.63) is 52.1 Å². The highest BCUT2D eigenvalue weighted by Crippen LogP contribution is 2.36. The molecule has 2 aromatic rings. The molecule has 0 aliphatic heterocycles. The molecule has 0 spiro atoms. The molecule has 0 saturated heterocycles. The van der Waals surface area contributed by atoms with Crippen LogP contribution in [0.4, 0.5) is 0 Å². The molecule has 1 N–H and O–H groups in total. The Hall–Kier alpha value is -2.19. The van der Waals surface area contributed by atoms with Gasteiger partial charge < -0.3 is 5.11 Å². The smallest absolute Gasteiger partial charge is 0.189 e. The monoisotopic (exact) mass is 462 g/mol. The summed E-state index contributed by atoms with van der Waals surface area (Å²) in [6, 6.07) is 5.43. The van der Waals surface area contributed by atoms with Gasteiger partial charge in [0.2, 0.25) is 0 Å². The standard InChI is InChI=1S/C23H26O6S2/c1-2-30(26,27)18-9-10-23(22(25)13-18)31(28,29)14-17(24)12-21-19-7-3-5-15(19)11-16-6-4-8-20(16)21/h9-11,13,25H,2-8,12,14H2,1H3. The number of hydrogen-bond donors (Lipinski definition) is 1. The van der Waals surface area contributed by atoms with Gasteiger partial charge in [0, 0.05) is 6.42 Å². The number of phenolic OH excluding ortho intramolecular Hbond substituents is 1. The van der Waals surface area contributed by atoms with Crippen LogP contribution in [-0.4, -0.2) is 39.2 Å². The number of carbonyl (C=O) groups excluding carboxylic acids is 1. The van der Waals surface area contributed by atoms with Crippen LogP contribution in [0.3, 0.4) is 0 Å². The SMILES string of the molecule is CCS(=O)(=O)c1ccc(S(=O)(=O)CC(=O)Cc2c3c(cc4c2CCC4)CCC3)c(O)c1. The predicted molar refractivity (Wildman–Crippen MR) is 117 cm³/mol. The third-order valence-electron chi connectivity index (χ3n) is 6.33. The van der Waals surface area contributed by atoms with Gasteiger partial charge in [-0.3, -0.25) is 4.79 Å². The fraction of sp³-hybridized carbons (Fsp3) is 0.435. The van der Waals surface area contributed by atoms with Gasteiger partial charge in [0.15, 0.2) is 25.5 Å². The number of fused-ring (bicyclic) bond motifs is 2. The van der Waals surface area contributed by atoms with Crippen molar-refractivity contribution < 1.29 is 26.7 Å². The van der Waals surface area contributed by atoms with Crippen LogP contribution >= 0.6 is 0 Å². The number of aromatic hydroxyl groups is 1. The summed E-state index contributed by atoms with van der Waals surface area (Å²) in [5.74, 6) is -1.95. The molecule has 6 nitrogen and oxygen atoms in total. The zero-order valence-corrected chi connectivity index (χ0v) is 19.1. The first kappa shape index (κ1) is 22.0. The zero-order chi connectivity index (χ0) is 22.4. The zero-order valence-electron chi connectivity index (χ0n) is 17.5. The van der Waals surface area contributed by atoms with E-state index in [1.54, 1.807) is 0 Å². The van der Waals surface area contributed by atoms with Crippen molar-refractivity contribution in [2.24, 2.45) is 0 Å². The molecule has 2 aromatic carbocycles. The van der Waals surface area contributed by atoms with Crippen molar-refractivity contribution in [3.8, 4) is 5.75 Å². The van der Waals surface area contributed by atoms with E-state index in [4.69, 9.17) is 0 Å². The highest BCUT2D eigenvalue weighted by Gasteiger charge is 2.28. The number of benzene rings is 2. The average Bonchev–Trinajstić information content (AvgIpc) is 3.36. The molecule has 166 valence electrons. The summed E-state index contributed by atoms with van der Waals surface area (Å²) < 4.78 is 49.6. The Morgan fingerprint density at radius 3 is 2.06 bits per heavy atom. The molecule has 0 aromatic heterocycles. The number of ketones is 1. The lowest BCUT2D eigenvalue weighted by Crippen LogP contribution is -2.20. The first-order chi connectivity index (χ1) is 14.6. The Morgan fingerprint density at radius 1 is 0.903 bits per heavy atom. The summed E-state index contributed by atoms with van der Waals surface area (Å²) in [7, 11) is -7.68. The van der Waals surface area contributed by atoms with Gasteiger partial charge in [-0.1, -0.05) is 13.0 Å². The highest BCUT2D eigenvalue weighted by atomic mass is 32.2. The van der Waals surface area contributed by atoms with Crippen LogP contribution < -0.4 is 0 Å². The third kappa shape index (κ3) is 4.15. The highest BCUT2D eigenvalue weighted by molar-refractivity contribution is 7.92. The second-order valence-corrected chi connectivity index (χ2v) is 12.6. The van der Waals surface area contributed by atoms with Gasteiger partial charge in [0.1, 0.15) is 16.4 Å². The van der Waals surface area contributed by atoms with Crippen molar-refractivity contribution in [2.75, 3.05) is 11.5 Å². The number of sulfone groups is 2. The molecule has 8 heteroatoms. The molecule has 4 rings (SSSR count). The van der Waals surface area contributed by atoms with E-state index in [1.165, 1.54) is 29.2 Å². The minimum Gasteiger partial charge on any atom is -0.507 e. The molecule has 31 heavy (non-hydrogen) atoms. The van der Waals surface area contributed by atoms with E-state index in [-0.39, 0.29) is 17.1 Å². The molecule has 0 heterocycles. The first-order valence-corrected chi connectivity index (χ1v) is 13.9. The molecule has 0 fully saturated rings. The summed E-state index contributed by atoms with van der Waals surface area (Å²) in [5.41, 5.74) is 6.01. The molecule has 0 atom stereocenters. The van der Waals surface area contributed by atoms with E-state index in [1.807, 2.05) is 0 Å². The van der Waals surface area contributed by atoms with Gasteiger partial charge in [-0.05, 0) is 84.5 Å². The van der Waals surface area contributed by atoms with Gasteiger partial charge in [-0.15, -0.1) is 0 Å². The maximum absolute atomic E-state index is 12.8. The topological polar surface area (TPSA) is 106 Å². The van der Waals surface area contributed by atoms with Crippen LogP contribution in [0.2, 0.25) is 0 Å². The Kier molecular flexibility index (Phi) is 5.72. The Labute approximate surface area is 183 Å². The number of phenols is 1. The second-order valence-electron chi connectivity index (χ2n) is 8.35. The van der Waals surface area contributed by atoms with E-state index in [2.05, 4.69) is 6.07 Å². The molecule has 2 aliphatic rings. The Balaban J connectivity index is 1.59. The predicted octanol–water partition coefficient (Wildman–Crippen LogP) is 2.75. The van der Waals surface area contributed by atoms with Crippen LogP contribution in [0.1, 0.15) is 47.6 Å². The van der Waals surface area contributed by atoms with Gasteiger partial charge in [0.05, 0.1) is 10.6 Å². The average molecular weight is 463 g/mol. The maximum atomic E-state index is 12.8. The fourth-order valence-corrected chi connectivity index (χ4v) is 7.04. The van der Waals surface area contributed by atoms with E-state index < -0.39 is 41.9 Å². The number of hydrogen-bond acceptors (Lipinski definition) is 6. The van der Waals surface area contributed by atoms with Crippen molar-refractivity contribution in [1.29, 1.82) is 0 Å². The molecule has 0 amide bonds. The van der Waals surface area contributed by atoms with Crippen LogP contribution in [0.5, 0.6) is 5.75 Å². The van der Waals surface area contributed by atoms with Crippen LogP contribution in [0, 0.1) is 0 Å². The lowest BCUT2D eigenvalue weighted by atomic mass is 9.91. The largest absolute Gasteiger partial charge is 0.507 e. The number of rotatable bonds is 7. The Bertz CT molecular complexity index is 1240. The van der Waals surface area contributed by atoms with Crippen molar-refractivity contribution >= 4 is 25.5 Å².